The Balaban J connectivity index is 2.04. The molecule has 15 heavy (non-hydrogen) atoms. The molecular formula is C11H12N2O2. The fourth-order valence-electron chi connectivity index (χ4n) is 2.04. The molecule has 1 aliphatic rings. The summed E-state index contributed by atoms with van der Waals surface area (Å²) in [5.74, 6) is 0.794. The van der Waals surface area contributed by atoms with Crippen LogP contribution in [0.1, 0.15) is 18.2 Å². The van der Waals surface area contributed by atoms with Crippen LogP contribution in [-0.2, 0) is 0 Å². The standard InChI is InChI=1S/C11H12N2O2/c14-8-2-4-13-11(8)9-5-7-1-3-12-6-10(7)15-9/h1,3,5-6,8,11,13-14H,2,4H2. The largest absolute Gasteiger partial charge is 0.458 e. The van der Waals surface area contributed by atoms with Crippen molar-refractivity contribution in [3.63, 3.8) is 0 Å². The average Bonchev–Trinajstić information content (AvgIpc) is 2.82. The number of pyridine rings is 1. The van der Waals surface area contributed by atoms with E-state index in [0.29, 0.717) is 0 Å². The third-order valence-electron chi connectivity index (χ3n) is 2.84. The van der Waals surface area contributed by atoms with E-state index < -0.39 is 0 Å². The molecular weight excluding hydrogens is 192 g/mol. The summed E-state index contributed by atoms with van der Waals surface area (Å²) in [7, 11) is 0. The van der Waals surface area contributed by atoms with Gasteiger partial charge in [-0.15, -0.1) is 0 Å². The van der Waals surface area contributed by atoms with Crippen molar-refractivity contribution >= 4 is 11.0 Å². The number of aliphatic hydroxyl groups excluding tert-OH is 1. The predicted molar refractivity (Wildman–Crippen MR) is 55.4 cm³/mol. The first kappa shape index (κ1) is 8.88. The zero-order valence-electron chi connectivity index (χ0n) is 8.18. The molecule has 0 saturated carbocycles. The molecule has 1 aliphatic heterocycles. The van der Waals surface area contributed by atoms with Crippen LogP contribution >= 0.6 is 0 Å². The third kappa shape index (κ3) is 1.42. The summed E-state index contributed by atoms with van der Waals surface area (Å²) in [6, 6.07) is 3.80. The summed E-state index contributed by atoms with van der Waals surface area (Å²) in [5, 5.41) is 14.0. The molecule has 0 spiro atoms. The summed E-state index contributed by atoms with van der Waals surface area (Å²) >= 11 is 0. The molecule has 3 heterocycles. The number of nitrogens with zero attached hydrogens (tertiary/aromatic N) is 1. The average molecular weight is 204 g/mol. The van der Waals surface area contributed by atoms with Crippen LogP contribution in [-0.4, -0.2) is 22.7 Å². The summed E-state index contributed by atoms with van der Waals surface area (Å²) in [5.41, 5.74) is 0.772. The van der Waals surface area contributed by atoms with E-state index in [0.717, 1.165) is 29.7 Å². The lowest BCUT2D eigenvalue weighted by Crippen LogP contribution is -2.20. The zero-order chi connectivity index (χ0) is 10.3. The van der Waals surface area contributed by atoms with Gasteiger partial charge in [-0.1, -0.05) is 0 Å². The maximum absolute atomic E-state index is 9.73. The van der Waals surface area contributed by atoms with Crippen LogP contribution in [0.4, 0.5) is 0 Å². The molecule has 1 saturated heterocycles. The van der Waals surface area contributed by atoms with E-state index in [4.69, 9.17) is 4.42 Å². The molecule has 0 aromatic carbocycles. The number of aromatic nitrogens is 1. The van der Waals surface area contributed by atoms with E-state index in [1.54, 1.807) is 12.4 Å². The van der Waals surface area contributed by atoms with E-state index in [-0.39, 0.29) is 12.1 Å². The lowest BCUT2D eigenvalue weighted by atomic mass is 10.1. The maximum Gasteiger partial charge on any atom is 0.152 e. The molecule has 4 nitrogen and oxygen atoms in total. The number of hydrogen-bond acceptors (Lipinski definition) is 4. The highest BCUT2D eigenvalue weighted by atomic mass is 16.3. The monoisotopic (exact) mass is 204 g/mol. The van der Waals surface area contributed by atoms with Crippen LogP contribution in [0.25, 0.3) is 11.0 Å². The first-order valence-corrected chi connectivity index (χ1v) is 5.09. The normalized spacial score (nSPS) is 26.2. The van der Waals surface area contributed by atoms with Crippen LogP contribution in [0, 0.1) is 0 Å². The van der Waals surface area contributed by atoms with Gasteiger partial charge in [0, 0.05) is 11.6 Å². The number of rotatable bonds is 1. The third-order valence-corrected chi connectivity index (χ3v) is 2.84. The Morgan fingerprint density at radius 2 is 2.47 bits per heavy atom. The van der Waals surface area contributed by atoms with Gasteiger partial charge in [0.05, 0.1) is 18.3 Å². The van der Waals surface area contributed by atoms with Gasteiger partial charge in [-0.05, 0) is 25.1 Å². The Hall–Kier alpha value is -1.39. The number of fused-ring (bicyclic) bond motifs is 1. The van der Waals surface area contributed by atoms with Crippen LogP contribution in [0.3, 0.4) is 0 Å². The van der Waals surface area contributed by atoms with Crippen LogP contribution in [0.5, 0.6) is 0 Å². The van der Waals surface area contributed by atoms with Crippen LogP contribution < -0.4 is 5.32 Å². The topological polar surface area (TPSA) is 58.3 Å². The Morgan fingerprint density at radius 1 is 1.53 bits per heavy atom. The van der Waals surface area contributed by atoms with Gasteiger partial charge in [0.1, 0.15) is 5.76 Å². The van der Waals surface area contributed by atoms with Gasteiger partial charge in [-0.3, -0.25) is 4.98 Å². The van der Waals surface area contributed by atoms with Gasteiger partial charge in [0.15, 0.2) is 5.58 Å². The summed E-state index contributed by atoms with van der Waals surface area (Å²) in [6.07, 6.45) is 3.86. The molecule has 2 N–H and O–H groups in total. The molecule has 3 rings (SSSR count). The first-order chi connectivity index (χ1) is 7.34. The summed E-state index contributed by atoms with van der Waals surface area (Å²) in [6.45, 7) is 0.834. The van der Waals surface area contributed by atoms with E-state index in [2.05, 4.69) is 10.3 Å². The van der Waals surface area contributed by atoms with Crippen molar-refractivity contribution in [1.82, 2.24) is 10.3 Å². The lowest BCUT2D eigenvalue weighted by Gasteiger charge is -2.10. The number of hydrogen-bond donors (Lipinski definition) is 2. The highest BCUT2D eigenvalue weighted by Gasteiger charge is 2.28. The van der Waals surface area contributed by atoms with Gasteiger partial charge in [-0.25, -0.2) is 0 Å². The minimum atomic E-state index is -0.349. The highest BCUT2D eigenvalue weighted by Crippen LogP contribution is 2.28. The molecule has 1 fully saturated rings. The quantitative estimate of drug-likeness (QED) is 0.733. The fourth-order valence-corrected chi connectivity index (χ4v) is 2.04. The smallest absolute Gasteiger partial charge is 0.152 e. The highest BCUT2D eigenvalue weighted by molar-refractivity contribution is 5.76. The van der Waals surface area contributed by atoms with E-state index in [1.165, 1.54) is 0 Å². The van der Waals surface area contributed by atoms with Crippen molar-refractivity contribution in [1.29, 1.82) is 0 Å². The minimum Gasteiger partial charge on any atom is -0.458 e. The second kappa shape index (κ2) is 3.32. The van der Waals surface area contributed by atoms with Crippen molar-refractivity contribution in [3.05, 3.63) is 30.3 Å². The van der Waals surface area contributed by atoms with Gasteiger partial charge < -0.3 is 14.8 Å². The molecule has 2 atom stereocenters. The predicted octanol–water partition coefficient (Wildman–Crippen LogP) is 1.22. The second-order valence-corrected chi connectivity index (χ2v) is 3.85. The van der Waals surface area contributed by atoms with Crippen LogP contribution in [0.2, 0.25) is 0 Å². The Morgan fingerprint density at radius 3 is 3.20 bits per heavy atom. The molecule has 0 bridgehead atoms. The molecule has 0 radical (unpaired) electrons. The molecule has 2 unspecified atom stereocenters. The van der Waals surface area contributed by atoms with Crippen molar-refractivity contribution in [3.8, 4) is 0 Å². The van der Waals surface area contributed by atoms with E-state index in [9.17, 15) is 5.11 Å². The summed E-state index contributed by atoms with van der Waals surface area (Å²) < 4.78 is 5.64. The van der Waals surface area contributed by atoms with Crippen molar-refractivity contribution in [2.45, 2.75) is 18.6 Å². The first-order valence-electron chi connectivity index (χ1n) is 5.09. The molecule has 0 amide bonds. The van der Waals surface area contributed by atoms with Crippen molar-refractivity contribution in [2.75, 3.05) is 6.54 Å². The van der Waals surface area contributed by atoms with Crippen molar-refractivity contribution < 1.29 is 9.52 Å². The van der Waals surface area contributed by atoms with Crippen molar-refractivity contribution in [2.24, 2.45) is 0 Å². The molecule has 0 aliphatic carbocycles. The maximum atomic E-state index is 9.73. The second-order valence-electron chi connectivity index (χ2n) is 3.85. The van der Waals surface area contributed by atoms with E-state index >= 15 is 0 Å². The molecule has 2 aromatic heterocycles. The van der Waals surface area contributed by atoms with E-state index in [1.807, 2.05) is 12.1 Å². The van der Waals surface area contributed by atoms with Crippen LogP contribution in [0.15, 0.2) is 28.9 Å². The Kier molecular flexibility index (Phi) is 1.97. The lowest BCUT2D eigenvalue weighted by molar-refractivity contribution is 0.151. The number of nitrogens with one attached hydrogen (secondary N) is 1. The Bertz CT molecular complexity index is 447. The molecule has 4 heteroatoms. The van der Waals surface area contributed by atoms with Gasteiger partial charge in [0.25, 0.3) is 0 Å². The Labute approximate surface area is 86.9 Å². The molecule has 78 valence electrons. The van der Waals surface area contributed by atoms with Gasteiger partial charge in [0.2, 0.25) is 0 Å². The SMILES string of the molecule is OC1CCNC1c1cc2ccncc2o1. The van der Waals surface area contributed by atoms with Gasteiger partial charge >= 0.3 is 0 Å². The minimum absolute atomic E-state index is 0.0719. The molecule has 2 aromatic rings. The number of furan rings is 1. The zero-order valence-corrected chi connectivity index (χ0v) is 8.18. The number of aliphatic hydroxyl groups is 1. The fraction of sp³-hybridized carbons (Fsp3) is 0.364. The summed E-state index contributed by atoms with van der Waals surface area (Å²) in [4.78, 5) is 4.00. The van der Waals surface area contributed by atoms with Gasteiger partial charge in [-0.2, -0.15) is 0 Å².